The van der Waals surface area contributed by atoms with E-state index in [9.17, 15) is 18.0 Å². The van der Waals surface area contributed by atoms with Gasteiger partial charge in [0.25, 0.3) is 5.91 Å². The molecule has 5 rings (SSSR count). The van der Waals surface area contributed by atoms with Gasteiger partial charge in [0.05, 0.1) is 23.3 Å². The lowest BCUT2D eigenvalue weighted by atomic mass is 10.0. The molecule has 0 unspecified atom stereocenters. The summed E-state index contributed by atoms with van der Waals surface area (Å²) in [7, 11) is -2.70. The molecular formula is C31H23BrN2O6S. The van der Waals surface area contributed by atoms with Crippen molar-refractivity contribution in [2.75, 3.05) is 12.4 Å². The van der Waals surface area contributed by atoms with Gasteiger partial charge in [-0.2, -0.15) is 0 Å². The lowest BCUT2D eigenvalue weighted by Gasteiger charge is -2.17. The third-order valence-electron chi connectivity index (χ3n) is 6.34. The maximum Gasteiger partial charge on any atom is 0.340 e. The van der Waals surface area contributed by atoms with E-state index in [0.29, 0.717) is 16.9 Å². The number of nitrogens with one attached hydrogen (secondary N) is 1. The minimum Gasteiger partial charge on any atom is -0.465 e. The summed E-state index contributed by atoms with van der Waals surface area (Å²) in [5, 5.41) is 9.95. The zero-order chi connectivity index (χ0) is 29.1. The highest BCUT2D eigenvalue weighted by Crippen LogP contribution is 2.37. The summed E-state index contributed by atoms with van der Waals surface area (Å²) in [5.41, 5.74) is 1.49. The first-order valence-electron chi connectivity index (χ1n) is 12.3. The number of hydrogen-bond acceptors (Lipinski definition) is 6. The molecule has 0 atom stereocenters. The van der Waals surface area contributed by atoms with E-state index in [1.54, 1.807) is 60.7 Å². The molecule has 5 aromatic rings. The van der Waals surface area contributed by atoms with Gasteiger partial charge in [-0.25, -0.2) is 18.4 Å². The molecule has 0 aliphatic heterocycles. The quantitative estimate of drug-likeness (QED) is 0.192. The highest BCUT2D eigenvalue weighted by atomic mass is 79.9. The minimum absolute atomic E-state index is 0.0215. The maximum atomic E-state index is 13.4. The molecule has 0 radical (unpaired) electrons. The number of amides is 1. The Kier molecular flexibility index (Phi) is 7.89. The number of esters is 1. The van der Waals surface area contributed by atoms with Gasteiger partial charge >= 0.3 is 5.97 Å². The van der Waals surface area contributed by atoms with Gasteiger partial charge in [0, 0.05) is 21.0 Å². The number of carbonyl (C=O) groups excluding carboxylic acids is 2. The van der Waals surface area contributed by atoms with Gasteiger partial charge in [0.15, 0.2) is 5.75 Å². The zero-order valence-electron chi connectivity index (χ0n) is 21.6. The van der Waals surface area contributed by atoms with Crippen molar-refractivity contribution in [3.63, 3.8) is 0 Å². The number of rotatable bonds is 7. The van der Waals surface area contributed by atoms with Crippen LogP contribution in [0.3, 0.4) is 0 Å². The number of benzene rings is 5. The summed E-state index contributed by atoms with van der Waals surface area (Å²) in [6.07, 6.45) is 0. The Morgan fingerprint density at radius 2 is 1.54 bits per heavy atom. The smallest absolute Gasteiger partial charge is 0.340 e. The number of ether oxygens (including phenoxy) is 2. The van der Waals surface area contributed by atoms with E-state index in [-0.39, 0.29) is 27.5 Å². The van der Waals surface area contributed by atoms with Gasteiger partial charge in [-0.05, 0) is 65.5 Å². The number of halogens is 1. The number of hydrogen-bond donors (Lipinski definition) is 2. The molecule has 0 aliphatic rings. The lowest BCUT2D eigenvalue weighted by Crippen LogP contribution is -2.16. The van der Waals surface area contributed by atoms with Crippen LogP contribution in [0.4, 0.5) is 5.69 Å². The third kappa shape index (κ3) is 5.99. The maximum absolute atomic E-state index is 13.4. The van der Waals surface area contributed by atoms with Crippen LogP contribution < -0.4 is 15.2 Å². The van der Waals surface area contributed by atoms with Crippen LogP contribution >= 0.6 is 15.9 Å². The fourth-order valence-corrected chi connectivity index (χ4v) is 5.54. The molecule has 0 aromatic heterocycles. The number of para-hydroxylation sites is 1. The molecule has 8 nitrogen and oxygen atoms in total. The predicted molar refractivity (Wildman–Crippen MR) is 161 cm³/mol. The summed E-state index contributed by atoms with van der Waals surface area (Å²) in [6.45, 7) is 0. The van der Waals surface area contributed by atoms with Gasteiger partial charge in [-0.15, -0.1) is 0 Å². The average Bonchev–Trinajstić information content (AvgIpc) is 2.97. The first-order valence-corrected chi connectivity index (χ1v) is 14.6. The Morgan fingerprint density at radius 3 is 2.27 bits per heavy atom. The van der Waals surface area contributed by atoms with Crippen molar-refractivity contribution in [2.45, 2.75) is 4.90 Å². The first kappa shape index (κ1) is 28.0. The van der Waals surface area contributed by atoms with E-state index in [2.05, 4.69) is 21.2 Å². The van der Waals surface area contributed by atoms with Crippen molar-refractivity contribution < 1.29 is 27.5 Å². The molecule has 41 heavy (non-hydrogen) atoms. The summed E-state index contributed by atoms with van der Waals surface area (Å²) in [4.78, 5) is 26.0. The van der Waals surface area contributed by atoms with Gasteiger partial charge in [-0.1, -0.05) is 64.5 Å². The summed E-state index contributed by atoms with van der Waals surface area (Å²) in [5.74, 6) is -0.386. The topological polar surface area (TPSA) is 125 Å². The number of primary sulfonamides is 1. The number of anilines is 1. The molecule has 10 heteroatoms. The van der Waals surface area contributed by atoms with Crippen LogP contribution in [0.1, 0.15) is 20.7 Å². The highest BCUT2D eigenvalue weighted by Gasteiger charge is 2.21. The van der Waals surface area contributed by atoms with Crippen molar-refractivity contribution in [2.24, 2.45) is 5.14 Å². The molecule has 0 heterocycles. The molecular weight excluding hydrogens is 608 g/mol. The molecule has 5 aromatic carbocycles. The summed E-state index contributed by atoms with van der Waals surface area (Å²) in [6, 6.07) is 28.9. The van der Waals surface area contributed by atoms with Crippen LogP contribution in [0.25, 0.3) is 21.9 Å². The molecule has 0 aliphatic carbocycles. The molecule has 3 N–H and O–H groups in total. The van der Waals surface area contributed by atoms with Crippen LogP contribution in [0.15, 0.2) is 112 Å². The van der Waals surface area contributed by atoms with Crippen LogP contribution in [-0.2, 0) is 14.8 Å². The lowest BCUT2D eigenvalue weighted by molar-refractivity contribution is 0.0601. The molecule has 0 fully saturated rings. The third-order valence-corrected chi connectivity index (χ3v) is 7.81. The zero-order valence-corrected chi connectivity index (χ0v) is 24.0. The fourth-order valence-electron chi connectivity index (χ4n) is 4.40. The first-order chi connectivity index (χ1) is 19.7. The van der Waals surface area contributed by atoms with E-state index in [0.717, 1.165) is 15.2 Å². The number of carbonyl (C=O) groups is 2. The summed E-state index contributed by atoms with van der Waals surface area (Å²) >= 11 is 3.48. The second-order valence-electron chi connectivity index (χ2n) is 8.97. The molecule has 1 amide bonds. The van der Waals surface area contributed by atoms with Crippen molar-refractivity contribution in [3.05, 3.63) is 119 Å². The monoisotopic (exact) mass is 630 g/mol. The SMILES string of the molecule is COC(=O)c1cccc(Oc2cccc3cc(Br)ccc23)c1NC(=O)c1ccc(-c2ccccc2S(N)(=O)=O)cc1. The highest BCUT2D eigenvalue weighted by molar-refractivity contribution is 9.10. The van der Waals surface area contributed by atoms with E-state index in [4.69, 9.17) is 14.6 Å². The Labute approximate surface area is 244 Å². The fraction of sp³-hybridized carbons (Fsp3) is 0.0323. The van der Waals surface area contributed by atoms with Crippen LogP contribution in [0.2, 0.25) is 0 Å². The standard InChI is InChI=1S/C31H23BrN2O6S/c1-39-31(36)25-8-5-10-27(40-26-9-4-6-21-18-22(32)16-17-23(21)26)29(25)34-30(35)20-14-12-19(13-15-20)24-7-2-3-11-28(24)41(33,37)38/h2-18H,1H3,(H,34,35)(H2,33,37,38). The van der Waals surface area contributed by atoms with Crippen molar-refractivity contribution >= 4 is 54.3 Å². The largest absolute Gasteiger partial charge is 0.465 e. The van der Waals surface area contributed by atoms with Gasteiger partial charge in [-0.3, -0.25) is 4.79 Å². The molecule has 0 spiro atoms. The second kappa shape index (κ2) is 11.5. The van der Waals surface area contributed by atoms with Gasteiger partial charge < -0.3 is 14.8 Å². The number of fused-ring (bicyclic) bond motifs is 1. The van der Waals surface area contributed by atoms with Crippen molar-refractivity contribution in [3.8, 4) is 22.6 Å². The van der Waals surface area contributed by atoms with Gasteiger partial charge in [0.2, 0.25) is 10.0 Å². The van der Waals surface area contributed by atoms with Gasteiger partial charge in [0.1, 0.15) is 5.75 Å². The Balaban J connectivity index is 1.49. The van der Waals surface area contributed by atoms with E-state index in [1.807, 2.05) is 30.3 Å². The average molecular weight is 632 g/mol. The molecule has 0 bridgehead atoms. The Bertz CT molecular complexity index is 1910. The second-order valence-corrected chi connectivity index (χ2v) is 11.4. The minimum atomic E-state index is -3.95. The number of nitrogens with two attached hydrogens (primary N) is 1. The molecule has 0 saturated carbocycles. The van der Waals surface area contributed by atoms with Crippen LogP contribution in [-0.4, -0.2) is 27.4 Å². The number of methoxy groups -OCH3 is 1. The summed E-state index contributed by atoms with van der Waals surface area (Å²) < 4.78 is 36.2. The molecule has 0 saturated heterocycles. The van der Waals surface area contributed by atoms with Crippen molar-refractivity contribution in [1.82, 2.24) is 0 Å². The van der Waals surface area contributed by atoms with Crippen LogP contribution in [0, 0.1) is 0 Å². The predicted octanol–water partition coefficient (Wildman–Crippen LogP) is 6.75. The molecule has 206 valence electrons. The van der Waals surface area contributed by atoms with E-state index in [1.165, 1.54) is 19.2 Å². The Morgan fingerprint density at radius 1 is 0.829 bits per heavy atom. The van der Waals surface area contributed by atoms with Crippen molar-refractivity contribution in [1.29, 1.82) is 0 Å². The number of sulfonamides is 1. The van der Waals surface area contributed by atoms with E-state index < -0.39 is 21.9 Å². The Hall–Kier alpha value is -4.51. The normalized spacial score (nSPS) is 11.2. The van der Waals surface area contributed by atoms with E-state index >= 15 is 0 Å². The van der Waals surface area contributed by atoms with Crippen LogP contribution in [0.5, 0.6) is 11.5 Å².